The normalized spacial score (nSPS) is 35.4. The van der Waals surface area contributed by atoms with Gasteiger partial charge in [-0.25, -0.2) is 4.79 Å². The molecule has 0 spiro atoms. The van der Waals surface area contributed by atoms with E-state index in [9.17, 15) is 15.0 Å². The van der Waals surface area contributed by atoms with Crippen LogP contribution in [0.25, 0.3) is 0 Å². The molecule has 1 aliphatic rings. The van der Waals surface area contributed by atoms with E-state index in [1.54, 1.807) is 20.8 Å². The Balaban J connectivity index is 2.87. The molecule has 0 saturated carbocycles. The summed E-state index contributed by atoms with van der Waals surface area (Å²) in [6.45, 7) is 5.49. The number of ether oxygens (including phenoxy) is 4. The van der Waals surface area contributed by atoms with E-state index in [0.717, 1.165) is 0 Å². The van der Waals surface area contributed by atoms with Gasteiger partial charge in [-0.1, -0.05) is 0 Å². The van der Waals surface area contributed by atoms with Gasteiger partial charge in [0.1, 0.15) is 18.3 Å². The van der Waals surface area contributed by atoms with Gasteiger partial charge in [-0.2, -0.15) is 0 Å². The van der Waals surface area contributed by atoms with E-state index in [1.807, 2.05) is 0 Å². The molecule has 0 aromatic rings. The second-order valence-corrected chi connectivity index (χ2v) is 4.53. The van der Waals surface area contributed by atoms with Crippen molar-refractivity contribution >= 4 is 5.97 Å². The molecule has 1 saturated heterocycles. The van der Waals surface area contributed by atoms with E-state index in [-0.39, 0.29) is 12.7 Å². The van der Waals surface area contributed by atoms with Gasteiger partial charge in [-0.15, -0.1) is 0 Å². The summed E-state index contributed by atoms with van der Waals surface area (Å²) in [4.78, 5) is 11.7. The summed E-state index contributed by atoms with van der Waals surface area (Å²) in [7, 11) is 1.21. The molecular formula is C12H22O7. The number of aliphatic hydroxyl groups is 2. The van der Waals surface area contributed by atoms with Gasteiger partial charge in [0.15, 0.2) is 12.4 Å². The molecule has 1 heterocycles. The molecule has 0 bridgehead atoms. The fourth-order valence-corrected chi connectivity index (χ4v) is 1.90. The lowest BCUT2D eigenvalue weighted by molar-refractivity contribution is -0.307. The monoisotopic (exact) mass is 278 g/mol. The van der Waals surface area contributed by atoms with Crippen molar-refractivity contribution in [3.63, 3.8) is 0 Å². The van der Waals surface area contributed by atoms with Crippen molar-refractivity contribution in [3.8, 4) is 0 Å². The molecule has 0 radical (unpaired) electrons. The first-order valence-corrected chi connectivity index (χ1v) is 6.28. The maximum atomic E-state index is 11.7. The molecular weight excluding hydrogens is 256 g/mol. The van der Waals surface area contributed by atoms with Gasteiger partial charge in [-0.05, 0) is 20.8 Å². The van der Waals surface area contributed by atoms with Gasteiger partial charge in [-0.3, -0.25) is 0 Å². The van der Waals surface area contributed by atoms with Gasteiger partial charge in [0, 0.05) is 6.61 Å². The Morgan fingerprint density at radius 3 is 2.42 bits per heavy atom. The van der Waals surface area contributed by atoms with Crippen molar-refractivity contribution in [1.29, 1.82) is 0 Å². The largest absolute Gasteiger partial charge is 0.467 e. The summed E-state index contributed by atoms with van der Waals surface area (Å²) in [5.74, 6) is -0.679. The number of hydrogen-bond acceptors (Lipinski definition) is 7. The average molecular weight is 278 g/mol. The van der Waals surface area contributed by atoms with Crippen LogP contribution < -0.4 is 0 Å². The maximum absolute atomic E-state index is 11.7. The van der Waals surface area contributed by atoms with Crippen LogP contribution in [-0.4, -0.2) is 66.7 Å². The SMILES string of the molecule is CCO[C@H]1C(C(=O)OC)O[C@H](OC(C)C)C(O)C1O. The van der Waals surface area contributed by atoms with Gasteiger partial charge in [0.05, 0.1) is 13.2 Å². The summed E-state index contributed by atoms with van der Waals surface area (Å²) in [5.41, 5.74) is 0. The fraction of sp³-hybridized carbons (Fsp3) is 0.917. The third-order valence-corrected chi connectivity index (χ3v) is 2.74. The zero-order valence-electron chi connectivity index (χ0n) is 11.6. The molecule has 0 aromatic carbocycles. The molecule has 0 aliphatic carbocycles. The maximum Gasteiger partial charge on any atom is 0.337 e. The molecule has 2 N–H and O–H groups in total. The Bertz CT molecular complexity index is 294. The molecule has 1 fully saturated rings. The van der Waals surface area contributed by atoms with Crippen LogP contribution in [0.2, 0.25) is 0 Å². The van der Waals surface area contributed by atoms with Gasteiger partial charge in [0.25, 0.3) is 0 Å². The highest BCUT2D eigenvalue weighted by Gasteiger charge is 2.49. The van der Waals surface area contributed by atoms with Crippen molar-refractivity contribution in [2.75, 3.05) is 13.7 Å². The first kappa shape index (κ1) is 16.3. The van der Waals surface area contributed by atoms with Crippen molar-refractivity contribution in [1.82, 2.24) is 0 Å². The van der Waals surface area contributed by atoms with Gasteiger partial charge < -0.3 is 29.2 Å². The first-order chi connectivity index (χ1) is 8.92. The lowest BCUT2D eigenvalue weighted by atomic mass is 9.98. The Hall–Kier alpha value is -0.730. The number of methoxy groups -OCH3 is 1. The molecule has 112 valence electrons. The lowest BCUT2D eigenvalue weighted by Gasteiger charge is -2.41. The molecule has 0 aromatic heterocycles. The van der Waals surface area contributed by atoms with Gasteiger partial charge in [0.2, 0.25) is 0 Å². The van der Waals surface area contributed by atoms with Crippen molar-refractivity contribution in [3.05, 3.63) is 0 Å². The second kappa shape index (κ2) is 7.16. The minimum atomic E-state index is -1.29. The zero-order valence-corrected chi connectivity index (χ0v) is 11.6. The van der Waals surface area contributed by atoms with E-state index in [0.29, 0.717) is 0 Å². The van der Waals surface area contributed by atoms with Crippen LogP contribution in [0.15, 0.2) is 0 Å². The van der Waals surface area contributed by atoms with Gasteiger partial charge >= 0.3 is 5.97 Å². The highest BCUT2D eigenvalue weighted by Crippen LogP contribution is 2.25. The second-order valence-electron chi connectivity index (χ2n) is 4.53. The highest BCUT2D eigenvalue weighted by molar-refractivity contribution is 5.75. The van der Waals surface area contributed by atoms with Crippen LogP contribution in [0, 0.1) is 0 Å². The third kappa shape index (κ3) is 3.87. The van der Waals surface area contributed by atoms with E-state index >= 15 is 0 Å². The first-order valence-electron chi connectivity index (χ1n) is 6.28. The summed E-state index contributed by atoms with van der Waals surface area (Å²) >= 11 is 0. The zero-order chi connectivity index (χ0) is 14.6. The molecule has 0 amide bonds. The predicted molar refractivity (Wildman–Crippen MR) is 64.3 cm³/mol. The molecule has 19 heavy (non-hydrogen) atoms. The highest BCUT2D eigenvalue weighted by atomic mass is 16.7. The van der Waals surface area contributed by atoms with Crippen molar-refractivity contribution in [2.24, 2.45) is 0 Å². The molecule has 1 aliphatic heterocycles. The molecule has 5 atom stereocenters. The van der Waals surface area contributed by atoms with Crippen molar-refractivity contribution in [2.45, 2.75) is 57.6 Å². The smallest absolute Gasteiger partial charge is 0.337 e. The number of hydrogen-bond donors (Lipinski definition) is 2. The minimum absolute atomic E-state index is 0.228. The molecule has 3 unspecified atom stereocenters. The molecule has 7 nitrogen and oxygen atoms in total. The van der Waals surface area contributed by atoms with Crippen LogP contribution in [0.1, 0.15) is 20.8 Å². The Labute approximate surface area is 112 Å². The summed E-state index contributed by atoms with van der Waals surface area (Å²) in [6.07, 6.45) is -6.03. The Morgan fingerprint density at radius 1 is 1.32 bits per heavy atom. The lowest BCUT2D eigenvalue weighted by Crippen LogP contribution is -2.61. The number of aliphatic hydroxyl groups excluding tert-OH is 2. The third-order valence-electron chi connectivity index (χ3n) is 2.74. The van der Waals surface area contributed by atoms with E-state index in [1.165, 1.54) is 7.11 Å². The number of rotatable bonds is 5. The molecule has 1 rings (SSSR count). The summed E-state index contributed by atoms with van der Waals surface area (Å²) in [6, 6.07) is 0. The van der Waals surface area contributed by atoms with Crippen LogP contribution in [0.3, 0.4) is 0 Å². The fourth-order valence-electron chi connectivity index (χ4n) is 1.90. The minimum Gasteiger partial charge on any atom is -0.467 e. The number of carbonyl (C=O) groups is 1. The van der Waals surface area contributed by atoms with Crippen molar-refractivity contribution < 1.29 is 34.0 Å². The topological polar surface area (TPSA) is 94.5 Å². The van der Waals surface area contributed by atoms with E-state index in [4.69, 9.17) is 14.2 Å². The predicted octanol–water partition coefficient (Wildman–Crippen LogP) is -0.564. The molecule has 7 heteroatoms. The van der Waals surface area contributed by atoms with Crippen LogP contribution in [0.4, 0.5) is 0 Å². The number of carbonyl (C=O) groups excluding carboxylic acids is 1. The number of esters is 1. The van der Waals surface area contributed by atoms with Crippen LogP contribution in [0.5, 0.6) is 0 Å². The summed E-state index contributed by atoms with van der Waals surface area (Å²) < 4.78 is 20.6. The van der Waals surface area contributed by atoms with E-state index in [2.05, 4.69) is 4.74 Å². The van der Waals surface area contributed by atoms with E-state index < -0.39 is 36.7 Å². The average Bonchev–Trinajstić information content (AvgIpc) is 2.37. The standard InChI is InChI=1S/C12H22O7/c1-5-17-9-7(13)8(14)12(18-6(2)3)19-10(9)11(15)16-4/h6-10,12-14H,5H2,1-4H3/t7?,8?,9-,10?,12+/m1/s1. The Kier molecular flexibility index (Phi) is 6.15. The Morgan fingerprint density at radius 2 is 1.95 bits per heavy atom. The summed E-state index contributed by atoms with van der Waals surface area (Å²) in [5, 5.41) is 19.9. The quantitative estimate of drug-likeness (QED) is 0.651. The van der Waals surface area contributed by atoms with Crippen LogP contribution in [-0.2, 0) is 23.7 Å². The van der Waals surface area contributed by atoms with Crippen LogP contribution >= 0.6 is 0 Å².